The van der Waals surface area contributed by atoms with Gasteiger partial charge in [-0.2, -0.15) is 0 Å². The van der Waals surface area contributed by atoms with Gasteiger partial charge in [0.1, 0.15) is 5.82 Å². The van der Waals surface area contributed by atoms with Crippen molar-refractivity contribution in [3.63, 3.8) is 0 Å². The Labute approximate surface area is 51.9 Å². The Morgan fingerprint density at radius 1 is 1.50 bits per heavy atom. The summed E-state index contributed by atoms with van der Waals surface area (Å²) in [7, 11) is 0. The highest BCUT2D eigenvalue weighted by atomic mass is 35.5. The minimum Gasteiger partial charge on any atom is -0.206 e. The molecule has 2 heteroatoms. The molecule has 0 fully saturated rings. The van der Waals surface area contributed by atoms with E-state index in [1.807, 2.05) is 0 Å². The molecule has 1 aromatic rings. The van der Waals surface area contributed by atoms with Crippen LogP contribution < -0.4 is 0 Å². The Morgan fingerprint density at radius 2 is 2.25 bits per heavy atom. The van der Waals surface area contributed by atoms with Crippen LogP contribution in [0.4, 0.5) is 4.39 Å². The van der Waals surface area contributed by atoms with Crippen molar-refractivity contribution in [2.45, 2.75) is 0 Å². The van der Waals surface area contributed by atoms with Crippen LogP contribution in [0.5, 0.6) is 0 Å². The van der Waals surface area contributed by atoms with E-state index in [1.54, 1.807) is 0 Å². The highest BCUT2D eigenvalue weighted by Gasteiger charge is 1.88. The molecule has 0 atom stereocenters. The van der Waals surface area contributed by atoms with Crippen LogP contribution in [0, 0.1) is 17.9 Å². The van der Waals surface area contributed by atoms with Crippen LogP contribution in [0.25, 0.3) is 0 Å². The summed E-state index contributed by atoms with van der Waals surface area (Å²) in [6.45, 7) is 0. The molecule has 0 aliphatic rings. The predicted molar refractivity (Wildman–Crippen MR) is 29.1 cm³/mol. The van der Waals surface area contributed by atoms with Gasteiger partial charge in [0.25, 0.3) is 0 Å². The van der Waals surface area contributed by atoms with Crippen LogP contribution >= 0.6 is 11.6 Å². The third kappa shape index (κ3) is 1.20. The Kier molecular flexibility index (Phi) is 1.49. The molecule has 0 aliphatic carbocycles. The monoisotopic (exact) mass is 128 g/mol. The second kappa shape index (κ2) is 2.14. The standard InChI is InChI=1S/C6H2ClF/c7-5-2-1-3-6(8)4-5/h2-3H. The van der Waals surface area contributed by atoms with Crippen LogP contribution in [-0.4, -0.2) is 0 Å². The fourth-order valence-corrected chi connectivity index (χ4v) is 0.528. The SMILES string of the molecule is Fc1[c]c(Cl)c[c]c1. The molecular formula is C6H2ClF. The Hall–Kier alpha value is -0.560. The first kappa shape index (κ1) is 5.57. The van der Waals surface area contributed by atoms with Gasteiger partial charge in [0.2, 0.25) is 0 Å². The van der Waals surface area contributed by atoms with Crippen LogP contribution in [-0.2, 0) is 0 Å². The minimum absolute atomic E-state index is 0.255. The maximum Gasteiger partial charge on any atom is 0.133 e. The Morgan fingerprint density at radius 3 is 2.62 bits per heavy atom. The van der Waals surface area contributed by atoms with E-state index < -0.39 is 5.82 Å². The zero-order valence-corrected chi connectivity index (χ0v) is 4.67. The lowest BCUT2D eigenvalue weighted by atomic mass is 10.4. The molecule has 1 aromatic carbocycles. The predicted octanol–water partition coefficient (Wildman–Crippen LogP) is 2.08. The van der Waals surface area contributed by atoms with Crippen molar-refractivity contribution in [3.8, 4) is 0 Å². The van der Waals surface area contributed by atoms with E-state index in [-0.39, 0.29) is 5.02 Å². The van der Waals surface area contributed by atoms with Gasteiger partial charge in [-0.1, -0.05) is 11.6 Å². The van der Waals surface area contributed by atoms with E-state index in [0.717, 1.165) is 0 Å². The zero-order chi connectivity index (χ0) is 5.98. The second-order valence-electron chi connectivity index (χ2n) is 1.28. The molecule has 0 aromatic heterocycles. The number of halogens is 2. The van der Waals surface area contributed by atoms with E-state index in [9.17, 15) is 4.39 Å². The molecule has 0 saturated heterocycles. The van der Waals surface area contributed by atoms with Crippen LogP contribution in [0.1, 0.15) is 0 Å². The molecule has 0 N–H and O–H groups in total. The van der Waals surface area contributed by atoms with E-state index in [0.29, 0.717) is 0 Å². The first-order chi connectivity index (χ1) is 3.79. The summed E-state index contributed by atoms with van der Waals surface area (Å²) < 4.78 is 12.0. The smallest absolute Gasteiger partial charge is 0.133 e. The van der Waals surface area contributed by atoms with E-state index in [2.05, 4.69) is 12.1 Å². The Bertz CT molecular complexity index is 168. The quantitative estimate of drug-likeness (QED) is 0.502. The molecule has 0 saturated carbocycles. The number of benzene rings is 1. The molecule has 2 radical (unpaired) electrons. The summed E-state index contributed by atoms with van der Waals surface area (Å²) in [4.78, 5) is 0. The number of hydrogen-bond acceptors (Lipinski definition) is 0. The molecule has 0 bridgehead atoms. The fraction of sp³-hybridized carbons (Fsp3) is 0. The third-order valence-electron chi connectivity index (χ3n) is 0.659. The maximum atomic E-state index is 12.0. The first-order valence-corrected chi connectivity index (χ1v) is 2.41. The summed E-state index contributed by atoms with van der Waals surface area (Å²) in [6, 6.07) is 7.35. The van der Waals surface area contributed by atoms with Crippen molar-refractivity contribution in [1.82, 2.24) is 0 Å². The van der Waals surface area contributed by atoms with Crippen molar-refractivity contribution in [3.05, 3.63) is 35.1 Å². The van der Waals surface area contributed by atoms with Crippen molar-refractivity contribution < 1.29 is 4.39 Å². The van der Waals surface area contributed by atoms with Crippen molar-refractivity contribution in [2.24, 2.45) is 0 Å². The van der Waals surface area contributed by atoms with Gasteiger partial charge >= 0.3 is 0 Å². The Balaban J connectivity index is 3.08. The van der Waals surface area contributed by atoms with Crippen molar-refractivity contribution in [1.29, 1.82) is 0 Å². The molecular weight excluding hydrogens is 127 g/mol. The van der Waals surface area contributed by atoms with E-state index in [4.69, 9.17) is 11.6 Å². The lowest BCUT2D eigenvalue weighted by Gasteiger charge is -1.83. The minimum atomic E-state index is -0.475. The molecule has 40 valence electrons. The topological polar surface area (TPSA) is 0 Å². The van der Waals surface area contributed by atoms with Gasteiger partial charge in [0.05, 0.1) is 5.02 Å². The van der Waals surface area contributed by atoms with E-state index in [1.165, 1.54) is 12.1 Å². The normalized spacial score (nSPS) is 9.25. The molecule has 0 aliphatic heterocycles. The fourth-order valence-electron chi connectivity index (χ4n) is 0.374. The van der Waals surface area contributed by atoms with Crippen molar-refractivity contribution >= 4 is 11.6 Å². The molecule has 0 amide bonds. The average Bonchev–Trinajstić information content (AvgIpc) is 1.64. The van der Waals surface area contributed by atoms with Crippen LogP contribution in [0.15, 0.2) is 12.1 Å². The van der Waals surface area contributed by atoms with Gasteiger partial charge in [0, 0.05) is 6.07 Å². The summed E-state index contributed by atoms with van der Waals surface area (Å²) in [6.07, 6.45) is 0. The van der Waals surface area contributed by atoms with Gasteiger partial charge in [-0.3, -0.25) is 0 Å². The van der Waals surface area contributed by atoms with Crippen molar-refractivity contribution in [2.75, 3.05) is 0 Å². The maximum absolute atomic E-state index is 12.0. The van der Waals surface area contributed by atoms with Gasteiger partial charge in [-0.05, 0) is 18.2 Å². The molecule has 1 rings (SSSR count). The average molecular weight is 129 g/mol. The lowest BCUT2D eigenvalue weighted by Crippen LogP contribution is -1.70. The van der Waals surface area contributed by atoms with Gasteiger partial charge in [0.15, 0.2) is 0 Å². The van der Waals surface area contributed by atoms with E-state index >= 15 is 0 Å². The van der Waals surface area contributed by atoms with Gasteiger partial charge < -0.3 is 0 Å². The molecule has 0 spiro atoms. The molecule has 0 nitrogen and oxygen atoms in total. The summed E-state index contributed by atoms with van der Waals surface area (Å²) in [5.41, 5.74) is 0. The summed E-state index contributed by atoms with van der Waals surface area (Å²) in [5, 5.41) is 0.255. The van der Waals surface area contributed by atoms with Gasteiger partial charge in [-0.15, -0.1) is 0 Å². The largest absolute Gasteiger partial charge is 0.206 e. The molecule has 0 unspecified atom stereocenters. The van der Waals surface area contributed by atoms with Crippen LogP contribution in [0.2, 0.25) is 5.02 Å². The molecule has 8 heavy (non-hydrogen) atoms. The highest BCUT2D eigenvalue weighted by molar-refractivity contribution is 6.30. The highest BCUT2D eigenvalue weighted by Crippen LogP contribution is 2.06. The lowest BCUT2D eigenvalue weighted by molar-refractivity contribution is 0.625. The zero-order valence-electron chi connectivity index (χ0n) is 3.91. The number of hydrogen-bond donors (Lipinski definition) is 0. The summed E-state index contributed by atoms with van der Waals surface area (Å²) in [5.74, 6) is -0.475. The van der Waals surface area contributed by atoms with Gasteiger partial charge in [-0.25, -0.2) is 4.39 Å². The molecule has 0 heterocycles. The number of rotatable bonds is 0. The second-order valence-corrected chi connectivity index (χ2v) is 1.68. The summed E-state index contributed by atoms with van der Waals surface area (Å²) >= 11 is 5.32. The van der Waals surface area contributed by atoms with Crippen LogP contribution in [0.3, 0.4) is 0 Å². The third-order valence-corrected chi connectivity index (χ3v) is 0.863. The first-order valence-electron chi connectivity index (χ1n) is 2.03.